The van der Waals surface area contributed by atoms with Crippen LogP contribution >= 0.6 is 0 Å². The van der Waals surface area contributed by atoms with Gasteiger partial charge in [-0.25, -0.2) is 9.97 Å². The van der Waals surface area contributed by atoms with E-state index in [1.165, 1.54) is 19.1 Å². The third kappa shape index (κ3) is 6.17. The predicted molar refractivity (Wildman–Crippen MR) is 147 cm³/mol. The van der Waals surface area contributed by atoms with Gasteiger partial charge in [-0.2, -0.15) is 13.2 Å². The predicted octanol–water partition coefficient (Wildman–Crippen LogP) is 4.32. The van der Waals surface area contributed by atoms with Gasteiger partial charge in [-0.15, -0.1) is 0 Å². The molecule has 214 valence electrons. The molecule has 4 N–H and O–H groups in total. The molecule has 0 aliphatic carbocycles. The standard InChI is InChI=1S/C29H29F3N6O3/c1-18(39)33-12-13-34-25-22-17-23(35-26(22)37-24(36-25)19-6-3-2-4-7-19)27(40)38-14-10-28(41,11-15-38)20-8-5-9-21(16-20)29(30,31)32/h2-9,16-17,41H,10-15H2,1H3,(H,33,39)(H2,34,35,36,37). The molecule has 1 aliphatic heterocycles. The highest BCUT2D eigenvalue weighted by atomic mass is 19.4. The van der Waals surface area contributed by atoms with Crippen LogP contribution in [0.4, 0.5) is 19.0 Å². The highest BCUT2D eigenvalue weighted by Gasteiger charge is 2.38. The van der Waals surface area contributed by atoms with Crippen molar-refractivity contribution in [2.75, 3.05) is 31.5 Å². The van der Waals surface area contributed by atoms with Crippen molar-refractivity contribution in [3.05, 3.63) is 77.5 Å². The topological polar surface area (TPSA) is 123 Å². The van der Waals surface area contributed by atoms with Gasteiger partial charge < -0.3 is 25.6 Å². The molecule has 12 heteroatoms. The van der Waals surface area contributed by atoms with Crippen molar-refractivity contribution in [2.45, 2.75) is 31.5 Å². The zero-order valence-electron chi connectivity index (χ0n) is 22.3. The number of anilines is 1. The molecule has 2 aromatic heterocycles. The van der Waals surface area contributed by atoms with Gasteiger partial charge in [0.15, 0.2) is 5.82 Å². The van der Waals surface area contributed by atoms with Crippen molar-refractivity contribution < 1.29 is 27.9 Å². The molecule has 2 amide bonds. The molecule has 4 aromatic rings. The number of carbonyl (C=O) groups is 2. The molecule has 0 saturated carbocycles. The van der Waals surface area contributed by atoms with Crippen molar-refractivity contribution in [2.24, 2.45) is 0 Å². The number of H-pyrrole nitrogens is 1. The maximum absolute atomic E-state index is 13.5. The lowest BCUT2D eigenvalue weighted by Crippen LogP contribution is -2.45. The summed E-state index contributed by atoms with van der Waals surface area (Å²) in [7, 11) is 0. The van der Waals surface area contributed by atoms with Crippen LogP contribution in [0.1, 0.15) is 41.4 Å². The van der Waals surface area contributed by atoms with E-state index in [1.807, 2.05) is 30.3 Å². The zero-order valence-corrected chi connectivity index (χ0v) is 22.3. The minimum atomic E-state index is -4.51. The van der Waals surface area contributed by atoms with E-state index in [4.69, 9.17) is 0 Å². The number of aliphatic hydroxyl groups is 1. The van der Waals surface area contributed by atoms with Crippen molar-refractivity contribution in [3.63, 3.8) is 0 Å². The van der Waals surface area contributed by atoms with Crippen molar-refractivity contribution in [3.8, 4) is 11.4 Å². The normalized spacial score (nSPS) is 15.1. The van der Waals surface area contributed by atoms with Gasteiger partial charge in [0.1, 0.15) is 17.2 Å². The molecule has 41 heavy (non-hydrogen) atoms. The van der Waals surface area contributed by atoms with E-state index >= 15 is 0 Å². The second-order valence-electron chi connectivity index (χ2n) is 10.0. The maximum atomic E-state index is 13.5. The Labute approximate surface area is 233 Å². The van der Waals surface area contributed by atoms with Gasteiger partial charge in [-0.05, 0) is 36.6 Å². The Morgan fingerprint density at radius 3 is 2.44 bits per heavy atom. The number of hydrogen-bond donors (Lipinski definition) is 4. The van der Waals surface area contributed by atoms with Crippen LogP contribution in [0.15, 0.2) is 60.7 Å². The quantitative estimate of drug-likeness (QED) is 0.247. The Morgan fingerprint density at radius 1 is 1.02 bits per heavy atom. The molecule has 9 nitrogen and oxygen atoms in total. The van der Waals surface area contributed by atoms with E-state index in [0.29, 0.717) is 35.8 Å². The number of aromatic nitrogens is 3. The molecular weight excluding hydrogens is 537 g/mol. The summed E-state index contributed by atoms with van der Waals surface area (Å²) in [5, 5.41) is 17.7. The van der Waals surface area contributed by atoms with Crippen molar-refractivity contribution in [1.82, 2.24) is 25.2 Å². The van der Waals surface area contributed by atoms with Gasteiger partial charge in [0.2, 0.25) is 5.91 Å². The van der Waals surface area contributed by atoms with Gasteiger partial charge in [0.05, 0.1) is 16.6 Å². The van der Waals surface area contributed by atoms with Gasteiger partial charge in [-0.3, -0.25) is 9.59 Å². The van der Waals surface area contributed by atoms with Crippen LogP contribution in [0, 0.1) is 0 Å². The Hall–Kier alpha value is -4.45. The van der Waals surface area contributed by atoms with Gasteiger partial charge in [0, 0.05) is 38.7 Å². The lowest BCUT2D eigenvalue weighted by molar-refractivity contribution is -0.137. The van der Waals surface area contributed by atoms with Crippen molar-refractivity contribution in [1.29, 1.82) is 0 Å². The fourth-order valence-corrected chi connectivity index (χ4v) is 4.92. The average Bonchev–Trinajstić information content (AvgIpc) is 3.40. The molecule has 1 aliphatic rings. The summed E-state index contributed by atoms with van der Waals surface area (Å²) in [5.74, 6) is 0.470. The fourth-order valence-electron chi connectivity index (χ4n) is 4.92. The molecule has 5 rings (SSSR count). The summed E-state index contributed by atoms with van der Waals surface area (Å²) in [5.41, 5.74) is -0.608. The third-order valence-electron chi connectivity index (χ3n) is 7.15. The van der Waals surface area contributed by atoms with Gasteiger partial charge in [-0.1, -0.05) is 42.5 Å². The first-order valence-electron chi connectivity index (χ1n) is 13.2. The van der Waals surface area contributed by atoms with Crippen LogP contribution in [0.3, 0.4) is 0 Å². The molecule has 0 atom stereocenters. The van der Waals surface area contributed by atoms with Crippen molar-refractivity contribution >= 4 is 28.7 Å². The largest absolute Gasteiger partial charge is 0.416 e. The fraction of sp³-hybridized carbons (Fsp3) is 0.310. The summed E-state index contributed by atoms with van der Waals surface area (Å²) in [4.78, 5) is 38.6. The summed E-state index contributed by atoms with van der Waals surface area (Å²) in [6.07, 6.45) is -4.33. The minimum Gasteiger partial charge on any atom is -0.385 e. The summed E-state index contributed by atoms with van der Waals surface area (Å²) in [6.45, 7) is 2.52. The first kappa shape index (κ1) is 28.1. The van der Waals surface area contributed by atoms with Crippen LogP contribution in [0.25, 0.3) is 22.4 Å². The lowest BCUT2D eigenvalue weighted by atomic mass is 9.83. The van der Waals surface area contributed by atoms with Crippen LogP contribution in [-0.4, -0.2) is 63.0 Å². The molecular formula is C29H29F3N6O3. The number of nitrogens with one attached hydrogen (secondary N) is 3. The molecule has 0 spiro atoms. The van der Waals surface area contributed by atoms with E-state index in [0.717, 1.165) is 17.7 Å². The van der Waals surface area contributed by atoms with Crippen LogP contribution in [0.5, 0.6) is 0 Å². The second-order valence-corrected chi connectivity index (χ2v) is 10.0. The number of aromatic amines is 1. The number of likely N-dealkylation sites (tertiary alicyclic amines) is 1. The molecule has 1 fully saturated rings. The smallest absolute Gasteiger partial charge is 0.385 e. The molecule has 0 unspecified atom stereocenters. The molecule has 0 radical (unpaired) electrons. The Kier molecular flexibility index (Phi) is 7.68. The van der Waals surface area contributed by atoms with E-state index < -0.39 is 17.3 Å². The zero-order chi connectivity index (χ0) is 29.2. The lowest BCUT2D eigenvalue weighted by Gasteiger charge is -2.38. The first-order valence-corrected chi connectivity index (χ1v) is 13.2. The number of rotatable bonds is 7. The number of carbonyl (C=O) groups excluding carboxylic acids is 2. The average molecular weight is 567 g/mol. The van der Waals surface area contributed by atoms with Crippen LogP contribution < -0.4 is 10.6 Å². The molecule has 0 bridgehead atoms. The summed E-state index contributed by atoms with van der Waals surface area (Å²) < 4.78 is 39.6. The number of benzene rings is 2. The van der Waals surface area contributed by atoms with E-state index in [1.54, 1.807) is 11.0 Å². The first-order chi connectivity index (χ1) is 19.5. The highest BCUT2D eigenvalue weighted by Crippen LogP contribution is 2.37. The monoisotopic (exact) mass is 566 g/mol. The number of amides is 2. The number of hydrogen-bond acceptors (Lipinski definition) is 6. The highest BCUT2D eigenvalue weighted by molar-refractivity contribution is 6.00. The number of nitrogens with zero attached hydrogens (tertiary/aromatic N) is 3. The Bertz CT molecular complexity index is 1560. The number of piperidine rings is 1. The maximum Gasteiger partial charge on any atom is 0.416 e. The molecule has 2 aromatic carbocycles. The molecule has 1 saturated heterocycles. The van der Waals surface area contributed by atoms with Crippen LogP contribution in [0.2, 0.25) is 0 Å². The third-order valence-corrected chi connectivity index (χ3v) is 7.15. The number of halogens is 3. The van der Waals surface area contributed by atoms with E-state index in [2.05, 4.69) is 25.6 Å². The summed E-state index contributed by atoms with van der Waals surface area (Å²) >= 11 is 0. The Morgan fingerprint density at radius 2 is 1.76 bits per heavy atom. The van der Waals surface area contributed by atoms with Gasteiger partial charge in [0.25, 0.3) is 5.91 Å². The van der Waals surface area contributed by atoms with Gasteiger partial charge >= 0.3 is 6.18 Å². The SMILES string of the molecule is CC(=O)NCCNc1nc(-c2ccccc2)nc2[nH]c(C(=O)N3CCC(O)(c4cccc(C(F)(F)F)c4)CC3)cc12. The number of fused-ring (bicyclic) bond motifs is 1. The van der Waals surface area contributed by atoms with E-state index in [-0.39, 0.29) is 49.0 Å². The second kappa shape index (κ2) is 11.2. The van der Waals surface area contributed by atoms with E-state index in [9.17, 15) is 27.9 Å². The number of alkyl halides is 3. The molecule has 3 heterocycles. The minimum absolute atomic E-state index is 0.0915. The summed E-state index contributed by atoms with van der Waals surface area (Å²) in [6, 6.07) is 15.7. The van der Waals surface area contributed by atoms with Crippen LogP contribution in [-0.2, 0) is 16.6 Å². The Balaban J connectivity index is 1.37.